The predicted molar refractivity (Wildman–Crippen MR) is 101 cm³/mol. The van der Waals surface area contributed by atoms with Crippen LogP contribution in [-0.2, 0) is 4.74 Å². The molecule has 3 aromatic carbocycles. The van der Waals surface area contributed by atoms with E-state index in [-0.39, 0.29) is 11.9 Å². The summed E-state index contributed by atoms with van der Waals surface area (Å²) in [5.74, 6) is 1.28. The zero-order chi connectivity index (χ0) is 18.3. The number of benzene rings is 3. The van der Waals surface area contributed by atoms with Gasteiger partial charge in [-0.1, -0.05) is 42.5 Å². The second kappa shape index (κ2) is 6.34. The number of aryl methyl sites for hydroxylation is 2. The first kappa shape index (κ1) is 16.4. The van der Waals surface area contributed by atoms with Crippen LogP contribution < -0.4 is 4.74 Å². The van der Waals surface area contributed by atoms with Crippen molar-refractivity contribution in [2.45, 2.75) is 19.8 Å². The smallest absolute Gasteiger partial charge is 0.338 e. The first-order chi connectivity index (χ1) is 12.6. The number of fused-ring (bicyclic) bond motifs is 2. The van der Waals surface area contributed by atoms with Crippen molar-refractivity contribution in [3.8, 4) is 11.5 Å². The fourth-order valence-corrected chi connectivity index (χ4v) is 3.60. The Morgan fingerprint density at radius 1 is 0.846 bits per heavy atom. The fourth-order valence-electron chi connectivity index (χ4n) is 3.60. The van der Waals surface area contributed by atoms with Gasteiger partial charge in [-0.15, -0.1) is 0 Å². The van der Waals surface area contributed by atoms with Gasteiger partial charge in [0.1, 0.15) is 11.5 Å². The molecule has 1 aliphatic rings. The maximum atomic E-state index is 12.4. The molecule has 0 atom stereocenters. The minimum absolute atomic E-state index is 0.0785. The highest BCUT2D eigenvalue weighted by Crippen LogP contribution is 2.48. The number of methoxy groups -OCH3 is 1. The van der Waals surface area contributed by atoms with E-state index in [9.17, 15) is 4.79 Å². The quantitative estimate of drug-likeness (QED) is 0.458. The van der Waals surface area contributed by atoms with Gasteiger partial charge in [-0.2, -0.15) is 0 Å². The molecule has 0 aromatic heterocycles. The molecule has 0 saturated carbocycles. The molecule has 0 spiro atoms. The van der Waals surface area contributed by atoms with Crippen LogP contribution in [0.15, 0.2) is 60.7 Å². The molecule has 0 amide bonds. The highest BCUT2D eigenvalue weighted by molar-refractivity contribution is 5.92. The molecule has 3 nitrogen and oxygen atoms in total. The van der Waals surface area contributed by atoms with Crippen LogP contribution >= 0.6 is 0 Å². The van der Waals surface area contributed by atoms with E-state index in [0.717, 1.165) is 39.3 Å². The van der Waals surface area contributed by atoms with E-state index in [2.05, 4.69) is 24.3 Å². The van der Waals surface area contributed by atoms with E-state index < -0.39 is 0 Å². The lowest BCUT2D eigenvalue weighted by Gasteiger charge is -2.30. The van der Waals surface area contributed by atoms with Crippen molar-refractivity contribution in [3.05, 3.63) is 94.0 Å². The topological polar surface area (TPSA) is 35.5 Å². The zero-order valence-electron chi connectivity index (χ0n) is 15.1. The van der Waals surface area contributed by atoms with E-state index in [0.29, 0.717) is 5.56 Å². The van der Waals surface area contributed by atoms with Crippen LogP contribution in [0.3, 0.4) is 0 Å². The summed E-state index contributed by atoms with van der Waals surface area (Å²) in [6.45, 7) is 4.10. The molecule has 1 aliphatic heterocycles. The number of hydrogen-bond acceptors (Lipinski definition) is 3. The van der Waals surface area contributed by atoms with Gasteiger partial charge in [0.25, 0.3) is 0 Å². The van der Waals surface area contributed by atoms with Crippen molar-refractivity contribution in [2.75, 3.05) is 7.11 Å². The van der Waals surface area contributed by atoms with Crippen molar-refractivity contribution < 1.29 is 14.3 Å². The first-order valence-electron chi connectivity index (χ1n) is 8.64. The van der Waals surface area contributed by atoms with Gasteiger partial charge < -0.3 is 9.47 Å². The molecule has 0 N–H and O–H groups in total. The Morgan fingerprint density at radius 2 is 1.42 bits per heavy atom. The van der Waals surface area contributed by atoms with Gasteiger partial charge in [-0.3, -0.25) is 0 Å². The van der Waals surface area contributed by atoms with Crippen LogP contribution in [0.4, 0.5) is 0 Å². The average molecular weight is 344 g/mol. The van der Waals surface area contributed by atoms with Crippen LogP contribution in [0.1, 0.15) is 44.1 Å². The minimum atomic E-state index is -0.325. The van der Waals surface area contributed by atoms with Gasteiger partial charge in [0.2, 0.25) is 0 Å². The van der Waals surface area contributed by atoms with Crippen LogP contribution in [0.2, 0.25) is 0 Å². The minimum Gasteiger partial charge on any atom is -0.465 e. The second-order valence-electron chi connectivity index (χ2n) is 6.70. The molecular formula is C23H20O3. The van der Waals surface area contributed by atoms with Gasteiger partial charge in [0, 0.05) is 17.0 Å². The van der Waals surface area contributed by atoms with Gasteiger partial charge in [-0.05, 0) is 48.7 Å². The Hall–Kier alpha value is -3.07. The largest absolute Gasteiger partial charge is 0.465 e. The molecule has 0 unspecified atom stereocenters. The molecular weight excluding hydrogens is 324 g/mol. The van der Waals surface area contributed by atoms with Crippen LogP contribution in [0.25, 0.3) is 0 Å². The van der Waals surface area contributed by atoms with Crippen molar-refractivity contribution in [3.63, 3.8) is 0 Å². The normalized spacial score (nSPS) is 12.7. The monoisotopic (exact) mass is 344 g/mol. The highest BCUT2D eigenvalue weighted by Gasteiger charge is 2.31. The summed E-state index contributed by atoms with van der Waals surface area (Å²) in [6, 6.07) is 20.1. The van der Waals surface area contributed by atoms with Crippen LogP contribution in [0.5, 0.6) is 11.5 Å². The molecule has 4 rings (SSSR count). The third kappa shape index (κ3) is 2.66. The molecule has 0 fully saturated rings. The summed E-state index contributed by atoms with van der Waals surface area (Å²) >= 11 is 0. The van der Waals surface area contributed by atoms with Crippen molar-refractivity contribution in [1.29, 1.82) is 0 Å². The number of carbonyl (C=O) groups excluding carboxylic acids is 1. The van der Waals surface area contributed by atoms with Crippen molar-refractivity contribution >= 4 is 5.97 Å². The van der Waals surface area contributed by atoms with Gasteiger partial charge in [0.05, 0.1) is 12.7 Å². The lowest BCUT2D eigenvalue weighted by atomic mass is 9.80. The second-order valence-corrected chi connectivity index (χ2v) is 6.70. The predicted octanol–water partition coefficient (Wildman–Crippen LogP) is 5.38. The summed E-state index contributed by atoms with van der Waals surface area (Å²) in [6.07, 6.45) is 0. The number of carbonyl (C=O) groups is 1. The molecule has 130 valence electrons. The Labute approximate surface area is 153 Å². The van der Waals surface area contributed by atoms with Gasteiger partial charge >= 0.3 is 5.97 Å². The maximum absolute atomic E-state index is 12.4. The zero-order valence-corrected chi connectivity index (χ0v) is 15.1. The molecule has 1 heterocycles. The highest BCUT2D eigenvalue weighted by atomic mass is 16.5. The summed E-state index contributed by atoms with van der Waals surface area (Å²) in [4.78, 5) is 12.4. The lowest BCUT2D eigenvalue weighted by molar-refractivity contribution is 0.0599. The molecule has 0 radical (unpaired) electrons. The van der Waals surface area contributed by atoms with Gasteiger partial charge in [0.15, 0.2) is 0 Å². The first-order valence-corrected chi connectivity index (χ1v) is 8.64. The molecule has 0 saturated heterocycles. The fraction of sp³-hybridized carbons (Fsp3) is 0.174. The molecule has 3 heteroatoms. The van der Waals surface area contributed by atoms with E-state index in [4.69, 9.17) is 9.47 Å². The number of rotatable bonds is 2. The standard InChI is InChI=1S/C23H20O3/c1-14-8-10-18-20(12-14)26-21-13-15(2)9-11-19(21)22(18)16-6-4-5-7-17(16)23(24)25-3/h4-13,22H,1-3H3. The third-order valence-electron chi connectivity index (χ3n) is 4.86. The number of esters is 1. The summed E-state index contributed by atoms with van der Waals surface area (Å²) in [7, 11) is 1.41. The van der Waals surface area contributed by atoms with E-state index >= 15 is 0 Å². The summed E-state index contributed by atoms with van der Waals surface area (Å²) < 4.78 is 11.2. The van der Waals surface area contributed by atoms with E-state index in [1.807, 2.05) is 50.2 Å². The van der Waals surface area contributed by atoms with Crippen molar-refractivity contribution in [2.24, 2.45) is 0 Å². The summed E-state index contributed by atoms with van der Waals surface area (Å²) in [5.41, 5.74) is 5.91. The Kier molecular flexibility index (Phi) is 4.00. The third-order valence-corrected chi connectivity index (χ3v) is 4.86. The molecule has 0 bridgehead atoms. The average Bonchev–Trinajstić information content (AvgIpc) is 2.65. The molecule has 0 aliphatic carbocycles. The van der Waals surface area contributed by atoms with Crippen LogP contribution in [0, 0.1) is 13.8 Å². The van der Waals surface area contributed by atoms with Crippen LogP contribution in [-0.4, -0.2) is 13.1 Å². The SMILES string of the molecule is COC(=O)c1ccccc1C1c2ccc(C)cc2Oc2cc(C)ccc21. The van der Waals surface area contributed by atoms with Crippen molar-refractivity contribution in [1.82, 2.24) is 0 Å². The summed E-state index contributed by atoms with van der Waals surface area (Å²) in [5, 5.41) is 0. The molecule has 26 heavy (non-hydrogen) atoms. The lowest BCUT2D eigenvalue weighted by Crippen LogP contribution is -2.16. The van der Waals surface area contributed by atoms with E-state index in [1.54, 1.807) is 0 Å². The maximum Gasteiger partial charge on any atom is 0.338 e. The molecule has 3 aromatic rings. The Balaban J connectivity index is 1.99. The Morgan fingerprint density at radius 3 is 2.00 bits per heavy atom. The Bertz CT molecular complexity index is 953. The number of hydrogen-bond donors (Lipinski definition) is 0. The van der Waals surface area contributed by atoms with E-state index in [1.165, 1.54) is 7.11 Å². The van der Waals surface area contributed by atoms with Gasteiger partial charge in [-0.25, -0.2) is 4.79 Å². The number of ether oxygens (including phenoxy) is 2.